The molecular weight excluding hydrogens is 264 g/mol. The normalized spacial score (nSPS) is 13.0. The average molecular weight is 273 g/mol. The quantitative estimate of drug-likeness (QED) is 0.667. The summed E-state index contributed by atoms with van der Waals surface area (Å²) in [6.07, 6.45) is 1.64. The van der Waals surface area contributed by atoms with Crippen LogP contribution in [0.15, 0.2) is 38.7 Å². The first kappa shape index (κ1) is 9.92. The maximum absolute atomic E-state index is 5.49. The highest BCUT2D eigenvalue weighted by atomic mass is 79.9. The van der Waals surface area contributed by atoms with Gasteiger partial charge >= 0.3 is 0 Å². The van der Waals surface area contributed by atoms with E-state index in [0.29, 0.717) is 0 Å². The van der Waals surface area contributed by atoms with Crippen LogP contribution in [0, 0.1) is 0 Å². The molecule has 0 bridgehead atoms. The zero-order chi connectivity index (χ0) is 9.97. The van der Waals surface area contributed by atoms with Gasteiger partial charge in [0.2, 0.25) is 0 Å². The number of furan rings is 1. The van der Waals surface area contributed by atoms with E-state index in [1.807, 2.05) is 24.3 Å². The SMILES string of the molecule is NNC(c1ccco1)c1ccc(Br)s1. The van der Waals surface area contributed by atoms with Crippen LogP contribution >= 0.6 is 27.3 Å². The number of hydrogen-bond donors (Lipinski definition) is 2. The van der Waals surface area contributed by atoms with Crippen molar-refractivity contribution in [3.8, 4) is 0 Å². The number of nitrogens with one attached hydrogen (secondary N) is 1. The fraction of sp³-hybridized carbons (Fsp3) is 0.111. The Bertz CT molecular complexity index is 399. The van der Waals surface area contributed by atoms with Crippen molar-refractivity contribution in [1.82, 2.24) is 5.43 Å². The van der Waals surface area contributed by atoms with Crippen molar-refractivity contribution >= 4 is 27.3 Å². The largest absolute Gasteiger partial charge is 0.467 e. The molecule has 3 nitrogen and oxygen atoms in total. The summed E-state index contributed by atoms with van der Waals surface area (Å²) in [4.78, 5) is 1.12. The third kappa shape index (κ3) is 1.90. The molecule has 5 heteroatoms. The van der Waals surface area contributed by atoms with E-state index in [1.54, 1.807) is 17.6 Å². The van der Waals surface area contributed by atoms with Gasteiger partial charge < -0.3 is 4.42 Å². The number of thiophene rings is 1. The number of halogens is 1. The molecule has 0 aliphatic rings. The summed E-state index contributed by atoms with van der Waals surface area (Å²) >= 11 is 5.05. The molecule has 3 N–H and O–H groups in total. The van der Waals surface area contributed by atoms with Gasteiger partial charge in [-0.1, -0.05) is 0 Å². The van der Waals surface area contributed by atoms with Gasteiger partial charge in [0.15, 0.2) is 0 Å². The summed E-state index contributed by atoms with van der Waals surface area (Å²) in [7, 11) is 0. The molecule has 14 heavy (non-hydrogen) atoms. The molecule has 0 fully saturated rings. The Morgan fingerprint density at radius 1 is 1.43 bits per heavy atom. The predicted octanol–water partition coefficient (Wildman–Crippen LogP) is 2.66. The third-order valence-electron chi connectivity index (χ3n) is 1.87. The van der Waals surface area contributed by atoms with E-state index in [0.717, 1.165) is 14.4 Å². The van der Waals surface area contributed by atoms with Crippen LogP contribution in [0.2, 0.25) is 0 Å². The van der Waals surface area contributed by atoms with E-state index in [1.165, 1.54) is 0 Å². The lowest BCUT2D eigenvalue weighted by Crippen LogP contribution is -2.27. The lowest BCUT2D eigenvalue weighted by molar-refractivity contribution is 0.455. The maximum Gasteiger partial charge on any atom is 0.127 e. The van der Waals surface area contributed by atoms with E-state index >= 15 is 0 Å². The number of hydrazine groups is 1. The van der Waals surface area contributed by atoms with Crippen molar-refractivity contribution in [3.63, 3.8) is 0 Å². The highest BCUT2D eigenvalue weighted by Crippen LogP contribution is 2.30. The monoisotopic (exact) mass is 272 g/mol. The van der Waals surface area contributed by atoms with Crippen LogP contribution in [0.4, 0.5) is 0 Å². The Kier molecular flexibility index (Phi) is 3.02. The first-order valence-corrected chi connectivity index (χ1v) is 5.67. The fourth-order valence-corrected chi connectivity index (χ4v) is 2.74. The van der Waals surface area contributed by atoms with Gasteiger partial charge in [-0.25, -0.2) is 5.43 Å². The topological polar surface area (TPSA) is 51.2 Å². The van der Waals surface area contributed by atoms with Gasteiger partial charge in [0, 0.05) is 4.88 Å². The zero-order valence-electron chi connectivity index (χ0n) is 7.24. The molecule has 0 aliphatic carbocycles. The van der Waals surface area contributed by atoms with Gasteiger partial charge in [0.05, 0.1) is 10.0 Å². The van der Waals surface area contributed by atoms with E-state index in [2.05, 4.69) is 21.4 Å². The molecule has 0 aliphatic heterocycles. The van der Waals surface area contributed by atoms with E-state index < -0.39 is 0 Å². The van der Waals surface area contributed by atoms with E-state index in [4.69, 9.17) is 10.3 Å². The number of rotatable bonds is 3. The average Bonchev–Trinajstić information content (AvgIpc) is 2.79. The summed E-state index contributed by atoms with van der Waals surface area (Å²) in [6.45, 7) is 0. The molecule has 2 aromatic rings. The minimum Gasteiger partial charge on any atom is -0.467 e. The van der Waals surface area contributed by atoms with Crippen molar-refractivity contribution in [2.45, 2.75) is 6.04 Å². The van der Waals surface area contributed by atoms with Gasteiger partial charge in [-0.2, -0.15) is 0 Å². The fourth-order valence-electron chi connectivity index (χ4n) is 1.24. The first-order valence-electron chi connectivity index (χ1n) is 4.06. The standard InChI is InChI=1S/C9H9BrN2OS/c10-8-4-3-7(14-8)9(12-11)6-2-1-5-13-6/h1-5,9,12H,11H2. The Morgan fingerprint density at radius 2 is 2.29 bits per heavy atom. The first-order chi connectivity index (χ1) is 6.81. The predicted molar refractivity (Wildman–Crippen MR) is 59.9 cm³/mol. The van der Waals surface area contributed by atoms with Crippen molar-refractivity contribution in [3.05, 3.63) is 45.0 Å². The van der Waals surface area contributed by atoms with Crippen molar-refractivity contribution in [1.29, 1.82) is 0 Å². The van der Waals surface area contributed by atoms with Crippen LogP contribution in [0.25, 0.3) is 0 Å². The number of hydrogen-bond acceptors (Lipinski definition) is 4. The second-order valence-electron chi connectivity index (χ2n) is 2.76. The maximum atomic E-state index is 5.49. The second kappa shape index (κ2) is 4.27. The molecule has 2 heterocycles. The van der Waals surface area contributed by atoms with E-state index in [9.17, 15) is 0 Å². The Balaban J connectivity index is 2.31. The van der Waals surface area contributed by atoms with Crippen LogP contribution in [0.3, 0.4) is 0 Å². The van der Waals surface area contributed by atoms with Gasteiger partial charge in [0.1, 0.15) is 11.8 Å². The van der Waals surface area contributed by atoms with Crippen molar-refractivity contribution < 1.29 is 4.42 Å². The summed E-state index contributed by atoms with van der Waals surface area (Å²) in [6, 6.07) is 7.69. The van der Waals surface area contributed by atoms with Gasteiger partial charge in [-0.05, 0) is 40.2 Å². The lowest BCUT2D eigenvalue weighted by Gasteiger charge is -2.10. The summed E-state index contributed by atoms with van der Waals surface area (Å²) in [5, 5.41) is 0. The van der Waals surface area contributed by atoms with Gasteiger partial charge in [0.25, 0.3) is 0 Å². The minimum atomic E-state index is -0.0682. The molecule has 0 saturated carbocycles. The summed E-state index contributed by atoms with van der Waals surface area (Å²) in [5.74, 6) is 6.31. The second-order valence-corrected chi connectivity index (χ2v) is 5.25. The molecule has 0 aromatic carbocycles. The summed E-state index contributed by atoms with van der Waals surface area (Å²) < 4.78 is 6.38. The molecule has 74 valence electrons. The Morgan fingerprint density at radius 3 is 2.79 bits per heavy atom. The molecule has 0 saturated heterocycles. The molecule has 2 aromatic heterocycles. The molecular formula is C9H9BrN2OS. The molecule has 2 rings (SSSR count). The van der Waals surface area contributed by atoms with Gasteiger partial charge in [-0.15, -0.1) is 11.3 Å². The smallest absolute Gasteiger partial charge is 0.127 e. The number of nitrogens with two attached hydrogens (primary N) is 1. The van der Waals surface area contributed by atoms with Crippen LogP contribution in [0.5, 0.6) is 0 Å². The molecule has 1 atom stereocenters. The van der Waals surface area contributed by atoms with E-state index in [-0.39, 0.29) is 6.04 Å². The Labute approximate surface area is 94.0 Å². The highest BCUT2D eigenvalue weighted by Gasteiger charge is 2.16. The molecule has 0 radical (unpaired) electrons. The summed E-state index contributed by atoms with van der Waals surface area (Å²) in [5.41, 5.74) is 2.73. The van der Waals surface area contributed by atoms with Crippen LogP contribution in [-0.2, 0) is 0 Å². The Hall–Kier alpha value is -0.620. The van der Waals surface area contributed by atoms with Crippen LogP contribution in [0.1, 0.15) is 16.7 Å². The van der Waals surface area contributed by atoms with Crippen molar-refractivity contribution in [2.24, 2.45) is 5.84 Å². The van der Waals surface area contributed by atoms with Crippen molar-refractivity contribution in [2.75, 3.05) is 0 Å². The van der Waals surface area contributed by atoms with Gasteiger partial charge in [-0.3, -0.25) is 5.84 Å². The lowest BCUT2D eigenvalue weighted by atomic mass is 10.2. The molecule has 0 amide bonds. The third-order valence-corrected chi connectivity index (χ3v) is 3.56. The molecule has 0 spiro atoms. The highest BCUT2D eigenvalue weighted by molar-refractivity contribution is 9.11. The zero-order valence-corrected chi connectivity index (χ0v) is 9.64. The minimum absolute atomic E-state index is 0.0682. The van der Waals surface area contributed by atoms with Crippen LogP contribution in [-0.4, -0.2) is 0 Å². The molecule has 1 unspecified atom stereocenters. The van der Waals surface area contributed by atoms with Crippen LogP contribution < -0.4 is 11.3 Å².